The highest BCUT2D eigenvalue weighted by Crippen LogP contribution is 2.46. The van der Waals surface area contributed by atoms with E-state index < -0.39 is 12.2 Å². The van der Waals surface area contributed by atoms with Crippen LogP contribution in [-0.4, -0.2) is 65.3 Å². The molecule has 306 valence electrons. The van der Waals surface area contributed by atoms with Crippen LogP contribution in [0, 0.1) is 0 Å². The standard InChI is InChI=1S/C17H18BNO.2C8H9ClO.C8H7ClO.C8H8O/c1-3-8-14(9-4-1)17(15-10-5-2-6-11-15)16-12-7-13-19(16)18-20-17;3*9-6-8(10)7-4-2-1-3-5-7;1-2-4-7(5-3-1)8-6-9-8/h1-6,8-11,16,18H,7,12-13H2;2*1-5,8,10H,6H2;1-5H,6H2;1-5,8H,6H2/t;8-;;;/m.1.../s1. The molecule has 0 saturated carbocycles. The van der Waals surface area contributed by atoms with Crippen molar-refractivity contribution in [1.29, 1.82) is 0 Å². The van der Waals surface area contributed by atoms with Gasteiger partial charge < -0.3 is 24.4 Å². The highest BCUT2D eigenvalue weighted by molar-refractivity contribution is 6.30. The average Bonchev–Trinajstić information content (AvgIpc) is 3.97. The summed E-state index contributed by atoms with van der Waals surface area (Å²) in [6, 6.07) is 59.9. The molecule has 3 aliphatic rings. The van der Waals surface area contributed by atoms with Crippen molar-refractivity contribution in [2.24, 2.45) is 0 Å². The van der Waals surface area contributed by atoms with E-state index in [9.17, 15) is 15.0 Å². The second-order valence-electron chi connectivity index (χ2n) is 14.0. The predicted octanol–water partition coefficient (Wildman–Crippen LogP) is 10.5. The number of ether oxygens (including phenoxy) is 1. The molecule has 6 aromatic rings. The molecular weight excluding hydrogens is 800 g/mol. The first kappa shape index (κ1) is 45.8. The fourth-order valence-corrected chi connectivity index (χ4v) is 7.46. The van der Waals surface area contributed by atoms with E-state index >= 15 is 0 Å². The number of alkyl halides is 3. The van der Waals surface area contributed by atoms with Crippen LogP contribution >= 0.6 is 34.8 Å². The van der Waals surface area contributed by atoms with Crippen LogP contribution in [-0.2, 0) is 15.0 Å². The molecule has 0 aliphatic carbocycles. The van der Waals surface area contributed by atoms with Gasteiger partial charge in [-0.3, -0.25) is 4.79 Å². The second-order valence-corrected chi connectivity index (χ2v) is 14.9. The molecule has 3 heterocycles. The minimum Gasteiger partial charge on any atom is -0.409 e. The third kappa shape index (κ3) is 13.6. The molecule has 0 radical (unpaired) electrons. The summed E-state index contributed by atoms with van der Waals surface area (Å²) < 4.78 is 11.5. The van der Waals surface area contributed by atoms with E-state index in [0.717, 1.165) is 31.9 Å². The van der Waals surface area contributed by atoms with Gasteiger partial charge in [-0.05, 0) is 47.2 Å². The highest BCUT2D eigenvalue weighted by atomic mass is 35.5. The zero-order valence-electron chi connectivity index (χ0n) is 33.0. The summed E-state index contributed by atoms with van der Waals surface area (Å²) in [6.07, 6.45) is 1.84. The van der Waals surface area contributed by atoms with Crippen molar-refractivity contribution in [3.63, 3.8) is 0 Å². The molecule has 9 rings (SSSR count). The number of epoxide rings is 1. The molecule has 59 heavy (non-hydrogen) atoms. The van der Waals surface area contributed by atoms with Crippen LogP contribution in [0.5, 0.6) is 0 Å². The number of fused-ring (bicyclic) bond motifs is 1. The molecule has 4 atom stereocenters. The lowest BCUT2D eigenvalue weighted by Gasteiger charge is -2.36. The highest BCUT2D eigenvalue weighted by Gasteiger charge is 2.52. The van der Waals surface area contributed by atoms with Gasteiger partial charge in [-0.15, -0.1) is 34.8 Å². The van der Waals surface area contributed by atoms with Crippen LogP contribution < -0.4 is 0 Å². The molecule has 2 N–H and O–H groups in total. The topological polar surface area (TPSA) is 82.5 Å². The number of Topliss-reactive ketones (excluding diaryl/α,β-unsaturated/α-hetero) is 1. The summed E-state index contributed by atoms with van der Waals surface area (Å²) in [4.78, 5) is 13.4. The number of hydrogen-bond acceptors (Lipinski definition) is 6. The van der Waals surface area contributed by atoms with Gasteiger partial charge in [0.2, 0.25) is 0 Å². The zero-order chi connectivity index (χ0) is 41.7. The summed E-state index contributed by atoms with van der Waals surface area (Å²) in [5.41, 5.74) is 5.99. The number of benzene rings is 6. The van der Waals surface area contributed by atoms with Gasteiger partial charge in [0.05, 0.1) is 36.5 Å². The Morgan fingerprint density at radius 2 is 1.05 bits per heavy atom. The minimum atomic E-state index is -0.525. The molecule has 3 aliphatic heterocycles. The summed E-state index contributed by atoms with van der Waals surface area (Å²) in [5, 5.41) is 18.4. The van der Waals surface area contributed by atoms with E-state index in [1.165, 1.54) is 29.5 Å². The maximum Gasteiger partial charge on any atom is 0.364 e. The number of hydrogen-bond donors (Lipinski definition) is 2. The Morgan fingerprint density at radius 1 is 0.644 bits per heavy atom. The van der Waals surface area contributed by atoms with E-state index in [1.54, 1.807) is 12.1 Å². The number of ketones is 1. The molecule has 3 unspecified atom stereocenters. The van der Waals surface area contributed by atoms with Crippen LogP contribution in [0.1, 0.15) is 69.3 Å². The quantitative estimate of drug-likeness (QED) is 0.0653. The molecule has 10 heteroatoms. The lowest BCUT2D eigenvalue weighted by atomic mass is 9.79. The van der Waals surface area contributed by atoms with Gasteiger partial charge in [0, 0.05) is 11.6 Å². The average molecular weight is 851 g/mol. The van der Waals surface area contributed by atoms with Crippen molar-refractivity contribution in [3.05, 3.63) is 215 Å². The third-order valence-corrected chi connectivity index (χ3v) is 10.9. The molecular formula is C49H51BCl3NO5. The number of aliphatic hydroxyl groups is 2. The van der Waals surface area contributed by atoms with Crippen LogP contribution in [0.4, 0.5) is 0 Å². The van der Waals surface area contributed by atoms with Crippen LogP contribution in [0.15, 0.2) is 182 Å². The van der Waals surface area contributed by atoms with Gasteiger partial charge in [0.25, 0.3) is 0 Å². The van der Waals surface area contributed by atoms with Gasteiger partial charge in [-0.25, -0.2) is 0 Å². The lowest BCUT2D eigenvalue weighted by molar-refractivity contribution is 0.102. The number of aliphatic hydroxyl groups excluding tert-OH is 2. The van der Waals surface area contributed by atoms with Crippen molar-refractivity contribution in [2.75, 3.05) is 30.8 Å². The fourth-order valence-electron chi connectivity index (χ4n) is 6.95. The van der Waals surface area contributed by atoms with Gasteiger partial charge in [-0.1, -0.05) is 182 Å². The Balaban J connectivity index is 0.000000147. The summed E-state index contributed by atoms with van der Waals surface area (Å²) in [6.45, 7) is 2.07. The van der Waals surface area contributed by atoms with Gasteiger partial charge in [-0.2, -0.15) is 0 Å². The van der Waals surface area contributed by atoms with E-state index in [1.807, 2.05) is 97.1 Å². The second kappa shape index (κ2) is 24.7. The summed E-state index contributed by atoms with van der Waals surface area (Å²) in [5.74, 6) is 0.542. The first-order valence-corrected chi connectivity index (χ1v) is 21.4. The largest absolute Gasteiger partial charge is 0.409 e. The number of rotatable bonds is 9. The monoisotopic (exact) mass is 849 g/mol. The molecule has 6 aromatic carbocycles. The van der Waals surface area contributed by atoms with Crippen molar-refractivity contribution in [2.45, 2.75) is 42.8 Å². The van der Waals surface area contributed by atoms with Gasteiger partial charge >= 0.3 is 7.62 Å². The predicted molar refractivity (Wildman–Crippen MR) is 242 cm³/mol. The number of carbonyl (C=O) groups excluding carboxylic acids is 1. The minimum absolute atomic E-state index is 0.0257. The SMILES string of the molecule is B1OC(c2ccccc2)(c2ccccc2)C2CCCN12.O=C(CCl)c1ccccc1.OC(CCl)c1ccccc1.O[C@H](CCl)c1ccccc1.c1ccc(C2CO2)cc1. The third-order valence-electron chi connectivity index (χ3n) is 10.1. The Labute approximate surface area is 364 Å². The smallest absolute Gasteiger partial charge is 0.364 e. The van der Waals surface area contributed by atoms with Crippen LogP contribution in [0.25, 0.3) is 0 Å². The van der Waals surface area contributed by atoms with Crippen LogP contribution in [0.2, 0.25) is 0 Å². The Kier molecular flexibility index (Phi) is 19.2. The maximum absolute atomic E-state index is 10.9. The molecule has 3 saturated heterocycles. The number of nitrogens with zero attached hydrogens (tertiary/aromatic N) is 1. The Morgan fingerprint density at radius 3 is 1.46 bits per heavy atom. The Bertz CT molecular complexity index is 1950. The maximum atomic E-state index is 10.9. The normalized spacial score (nSPS) is 17.8. The van der Waals surface area contributed by atoms with Crippen molar-refractivity contribution >= 4 is 48.2 Å². The zero-order valence-corrected chi connectivity index (χ0v) is 35.3. The molecule has 0 aromatic heterocycles. The van der Waals surface area contributed by atoms with Crippen molar-refractivity contribution in [3.8, 4) is 0 Å². The number of carbonyl (C=O) groups is 1. The van der Waals surface area contributed by atoms with Crippen molar-refractivity contribution in [1.82, 2.24) is 4.81 Å². The van der Waals surface area contributed by atoms with Gasteiger partial charge in [0.1, 0.15) is 11.7 Å². The Hall–Kier alpha value is -4.28. The summed E-state index contributed by atoms with van der Waals surface area (Å²) >= 11 is 16.2. The molecule has 0 bridgehead atoms. The fraction of sp³-hybridized carbons (Fsp3) is 0.245. The molecule has 0 amide bonds. The van der Waals surface area contributed by atoms with Gasteiger partial charge in [0.15, 0.2) is 5.78 Å². The first-order chi connectivity index (χ1) is 28.9. The first-order valence-electron chi connectivity index (χ1n) is 19.8. The van der Waals surface area contributed by atoms with E-state index in [4.69, 9.17) is 44.2 Å². The van der Waals surface area contributed by atoms with E-state index in [-0.39, 0.29) is 29.0 Å². The van der Waals surface area contributed by atoms with E-state index in [2.05, 4.69) is 77.6 Å². The molecule has 6 nitrogen and oxygen atoms in total. The summed E-state index contributed by atoms with van der Waals surface area (Å²) in [7, 11) is 0.744. The van der Waals surface area contributed by atoms with Crippen LogP contribution in [0.3, 0.4) is 0 Å². The molecule has 0 spiro atoms. The molecule has 3 fully saturated rings. The number of halogens is 3. The lowest BCUT2D eigenvalue weighted by Crippen LogP contribution is -2.40. The van der Waals surface area contributed by atoms with Crippen molar-refractivity contribution < 1.29 is 24.4 Å². The van der Waals surface area contributed by atoms with E-state index in [0.29, 0.717) is 17.7 Å².